The van der Waals surface area contributed by atoms with Gasteiger partial charge in [0.15, 0.2) is 0 Å². The van der Waals surface area contributed by atoms with Crippen molar-refractivity contribution in [2.45, 2.75) is 5.21 Å². The number of rotatable bonds is 2. The number of carbonyl (C=O) groups excluding carboxylic acids is 1. The van der Waals surface area contributed by atoms with Crippen LogP contribution in [0, 0.1) is 6.42 Å². The molecule has 0 fully saturated rings. The van der Waals surface area contributed by atoms with E-state index >= 15 is 0 Å². The second-order valence-electron chi connectivity index (χ2n) is 1.05. The number of hydrogen-bond donors (Lipinski definition) is 1. The summed E-state index contributed by atoms with van der Waals surface area (Å²) in [7, 11) is 1.63. The summed E-state index contributed by atoms with van der Waals surface area (Å²) in [5.41, 5.74) is 0. The van der Waals surface area contributed by atoms with Gasteiger partial charge >= 0.3 is 51.5 Å². The van der Waals surface area contributed by atoms with E-state index in [0.29, 0.717) is 0 Å². The minimum atomic E-state index is 0.0179. The van der Waals surface area contributed by atoms with Crippen molar-refractivity contribution in [2.24, 2.45) is 0 Å². The van der Waals surface area contributed by atoms with Gasteiger partial charge in [-0.2, -0.15) is 0 Å². The zero-order chi connectivity index (χ0) is 5.70. The molecule has 0 bridgehead atoms. The number of hydrogen-bond acceptors (Lipinski definition) is 1. The Morgan fingerprint density at radius 2 is 2.57 bits per heavy atom. The van der Waals surface area contributed by atoms with Crippen LogP contribution in [0.25, 0.3) is 0 Å². The van der Waals surface area contributed by atoms with Crippen LogP contribution in [-0.2, 0) is 4.79 Å². The standard InChI is InChI=1S/C4H9AsNO/c1-6-4(7)2-3-5/h2H,3,5H2,1H3,(H,6,7). The van der Waals surface area contributed by atoms with E-state index in [1.54, 1.807) is 30.3 Å². The Balaban J connectivity index is 3.00. The first-order valence-corrected chi connectivity index (χ1v) is 3.77. The van der Waals surface area contributed by atoms with Gasteiger partial charge in [-0.05, 0) is 0 Å². The summed E-state index contributed by atoms with van der Waals surface area (Å²) in [6.07, 6.45) is 1.62. The quantitative estimate of drug-likeness (QED) is 0.518. The SMILES string of the molecule is CNC(=O)[CH]C[AsH2]. The number of amides is 1. The van der Waals surface area contributed by atoms with Crippen molar-refractivity contribution < 1.29 is 4.79 Å². The summed E-state index contributed by atoms with van der Waals surface area (Å²) in [5.74, 6) is 0.0179. The Labute approximate surface area is 52.2 Å². The average molecular weight is 162 g/mol. The molecule has 0 rings (SSSR count). The molecule has 41 valence electrons. The Morgan fingerprint density at radius 3 is 2.71 bits per heavy atom. The van der Waals surface area contributed by atoms with Crippen molar-refractivity contribution in [3.05, 3.63) is 6.42 Å². The Morgan fingerprint density at radius 1 is 2.00 bits per heavy atom. The molecular formula is C4H9AsNO. The maximum absolute atomic E-state index is 10.3. The van der Waals surface area contributed by atoms with Crippen molar-refractivity contribution in [1.29, 1.82) is 0 Å². The zero-order valence-corrected chi connectivity index (χ0v) is 6.69. The van der Waals surface area contributed by atoms with Gasteiger partial charge in [-0.1, -0.05) is 0 Å². The van der Waals surface area contributed by atoms with Crippen LogP contribution >= 0.6 is 0 Å². The van der Waals surface area contributed by atoms with Crippen LogP contribution in [0.4, 0.5) is 0 Å². The molecule has 3 heteroatoms. The van der Waals surface area contributed by atoms with Gasteiger partial charge in [-0.3, -0.25) is 0 Å². The summed E-state index contributed by atoms with van der Waals surface area (Å²) in [6, 6.07) is 0. The molecule has 1 unspecified atom stereocenters. The van der Waals surface area contributed by atoms with Gasteiger partial charge in [0.1, 0.15) is 0 Å². The predicted molar refractivity (Wildman–Crippen MR) is 31.7 cm³/mol. The van der Waals surface area contributed by atoms with E-state index < -0.39 is 0 Å². The van der Waals surface area contributed by atoms with Crippen LogP contribution in [0.5, 0.6) is 0 Å². The first kappa shape index (κ1) is 7.03. The van der Waals surface area contributed by atoms with Crippen molar-refractivity contribution in [1.82, 2.24) is 5.32 Å². The van der Waals surface area contributed by atoms with Crippen molar-refractivity contribution in [3.8, 4) is 0 Å². The minimum absolute atomic E-state index is 0.0179. The molecular weight excluding hydrogens is 153 g/mol. The van der Waals surface area contributed by atoms with E-state index in [9.17, 15) is 4.79 Å². The molecule has 0 saturated heterocycles. The van der Waals surface area contributed by atoms with Gasteiger partial charge in [0.05, 0.1) is 0 Å². The third kappa shape index (κ3) is 3.87. The zero-order valence-electron chi connectivity index (χ0n) is 4.27. The molecule has 0 aromatic rings. The normalized spacial score (nSPS) is 8.29. The van der Waals surface area contributed by atoms with Crippen LogP contribution < -0.4 is 5.32 Å². The van der Waals surface area contributed by atoms with E-state index in [0.717, 1.165) is 5.21 Å². The molecule has 0 aromatic heterocycles. The molecule has 1 N–H and O–H groups in total. The van der Waals surface area contributed by atoms with Crippen molar-refractivity contribution in [3.63, 3.8) is 0 Å². The fourth-order valence-corrected chi connectivity index (χ4v) is 0.658. The van der Waals surface area contributed by atoms with Crippen molar-refractivity contribution in [2.75, 3.05) is 7.05 Å². The molecule has 1 amide bonds. The molecule has 7 heavy (non-hydrogen) atoms. The van der Waals surface area contributed by atoms with Crippen LogP contribution in [0.1, 0.15) is 0 Å². The van der Waals surface area contributed by atoms with Gasteiger partial charge in [0.25, 0.3) is 0 Å². The second kappa shape index (κ2) is 4.19. The van der Waals surface area contributed by atoms with Gasteiger partial charge in [-0.15, -0.1) is 0 Å². The molecule has 0 aliphatic rings. The van der Waals surface area contributed by atoms with Crippen LogP contribution in [-0.4, -0.2) is 29.8 Å². The molecule has 0 aliphatic carbocycles. The van der Waals surface area contributed by atoms with Gasteiger partial charge in [0.2, 0.25) is 0 Å². The average Bonchev–Trinajstić information content (AvgIpc) is 1.68. The summed E-state index contributed by atoms with van der Waals surface area (Å²) in [6.45, 7) is 0. The number of carbonyl (C=O) groups is 1. The van der Waals surface area contributed by atoms with E-state index in [1.165, 1.54) is 0 Å². The third-order valence-corrected chi connectivity index (χ3v) is 1.04. The van der Waals surface area contributed by atoms with Crippen molar-refractivity contribution >= 4 is 22.8 Å². The molecule has 1 radical (unpaired) electrons. The topological polar surface area (TPSA) is 29.1 Å². The molecule has 2 nitrogen and oxygen atoms in total. The van der Waals surface area contributed by atoms with Crippen LogP contribution in [0.2, 0.25) is 5.21 Å². The van der Waals surface area contributed by atoms with E-state index in [2.05, 4.69) is 5.32 Å². The molecule has 0 aliphatic heterocycles. The summed E-state index contributed by atoms with van der Waals surface area (Å²) in [5, 5.41) is 3.35. The molecule has 0 saturated carbocycles. The fraction of sp³-hybridized carbons (Fsp3) is 0.500. The van der Waals surface area contributed by atoms with Crippen LogP contribution in [0.3, 0.4) is 0 Å². The second-order valence-corrected chi connectivity index (χ2v) is 2.04. The first-order valence-electron chi connectivity index (χ1n) is 2.06. The van der Waals surface area contributed by atoms with E-state index in [4.69, 9.17) is 0 Å². The summed E-state index contributed by atoms with van der Waals surface area (Å²) in [4.78, 5) is 10.3. The Kier molecular flexibility index (Phi) is 4.21. The van der Waals surface area contributed by atoms with E-state index in [-0.39, 0.29) is 5.91 Å². The molecule has 0 spiro atoms. The predicted octanol–water partition coefficient (Wildman–Crippen LogP) is -1.01. The summed E-state index contributed by atoms with van der Waals surface area (Å²) >= 11 is 1.54. The Bertz CT molecular complexity index is 64.7. The van der Waals surface area contributed by atoms with E-state index in [1.807, 2.05) is 0 Å². The van der Waals surface area contributed by atoms with Crippen LogP contribution in [0.15, 0.2) is 0 Å². The van der Waals surface area contributed by atoms with Gasteiger partial charge in [0, 0.05) is 0 Å². The molecule has 0 heterocycles. The van der Waals surface area contributed by atoms with Gasteiger partial charge < -0.3 is 0 Å². The monoisotopic (exact) mass is 162 g/mol. The first-order chi connectivity index (χ1) is 3.31. The fourth-order valence-electron chi connectivity index (χ4n) is 0.209. The maximum atomic E-state index is 10.3. The number of nitrogens with one attached hydrogen (secondary N) is 1. The summed E-state index contributed by atoms with van der Waals surface area (Å²) < 4.78 is 0. The van der Waals surface area contributed by atoms with Gasteiger partial charge in [-0.25, -0.2) is 0 Å². The Hall–Kier alpha value is 0.0284. The molecule has 0 aromatic carbocycles. The molecule has 1 atom stereocenters. The third-order valence-electron chi connectivity index (χ3n) is 0.550.